The summed E-state index contributed by atoms with van der Waals surface area (Å²) in [7, 11) is 0. The van der Waals surface area contributed by atoms with Gasteiger partial charge in [-0.1, -0.05) is 30.0 Å². The number of benzene rings is 1. The van der Waals surface area contributed by atoms with E-state index in [0.29, 0.717) is 12.3 Å². The van der Waals surface area contributed by atoms with Crippen molar-refractivity contribution in [2.45, 2.75) is 24.5 Å². The van der Waals surface area contributed by atoms with Gasteiger partial charge in [0.2, 0.25) is 5.91 Å². The first-order chi connectivity index (χ1) is 12.3. The molecule has 0 fully saturated rings. The Morgan fingerprint density at radius 2 is 2.16 bits per heavy atom. The molecule has 0 spiro atoms. The summed E-state index contributed by atoms with van der Waals surface area (Å²) < 4.78 is 7.25. The summed E-state index contributed by atoms with van der Waals surface area (Å²) in [5, 5.41) is 8.79. The molecule has 0 atom stereocenters. The maximum absolute atomic E-state index is 12.7. The van der Waals surface area contributed by atoms with E-state index in [0.717, 1.165) is 36.0 Å². The molecular formula is C18H18N4O2S. The Labute approximate surface area is 149 Å². The van der Waals surface area contributed by atoms with Crippen LogP contribution >= 0.6 is 11.8 Å². The third-order valence-corrected chi connectivity index (χ3v) is 5.19. The lowest BCUT2D eigenvalue weighted by Crippen LogP contribution is -2.36. The Balaban J connectivity index is 1.43. The molecule has 0 unspecified atom stereocenters. The largest absolute Gasteiger partial charge is 0.467 e. The molecule has 6 nitrogen and oxygen atoms in total. The fourth-order valence-corrected chi connectivity index (χ4v) is 3.82. The van der Waals surface area contributed by atoms with E-state index in [2.05, 4.69) is 16.3 Å². The minimum Gasteiger partial charge on any atom is -0.467 e. The van der Waals surface area contributed by atoms with Crippen LogP contribution in [-0.2, 0) is 17.8 Å². The van der Waals surface area contributed by atoms with E-state index in [-0.39, 0.29) is 5.91 Å². The van der Waals surface area contributed by atoms with Gasteiger partial charge in [0.05, 0.1) is 18.6 Å². The van der Waals surface area contributed by atoms with E-state index >= 15 is 0 Å². The van der Waals surface area contributed by atoms with E-state index in [4.69, 9.17) is 4.42 Å². The highest BCUT2D eigenvalue weighted by Crippen LogP contribution is 2.28. The van der Waals surface area contributed by atoms with E-state index in [1.54, 1.807) is 12.6 Å². The molecule has 0 bridgehead atoms. The molecule has 2 aromatic heterocycles. The summed E-state index contributed by atoms with van der Waals surface area (Å²) in [4.78, 5) is 14.6. The SMILES string of the molecule is O=C(CSc1nncn1Cc1ccco1)N1CCCc2ccccc21. The summed E-state index contributed by atoms with van der Waals surface area (Å²) in [6, 6.07) is 11.9. The van der Waals surface area contributed by atoms with Gasteiger partial charge >= 0.3 is 0 Å². The van der Waals surface area contributed by atoms with Crippen LogP contribution in [0.3, 0.4) is 0 Å². The first-order valence-electron chi connectivity index (χ1n) is 8.22. The summed E-state index contributed by atoms with van der Waals surface area (Å²) in [6.07, 6.45) is 5.34. The molecule has 0 radical (unpaired) electrons. The van der Waals surface area contributed by atoms with Crippen molar-refractivity contribution in [3.8, 4) is 0 Å². The molecule has 25 heavy (non-hydrogen) atoms. The van der Waals surface area contributed by atoms with Crippen molar-refractivity contribution in [3.05, 3.63) is 60.3 Å². The van der Waals surface area contributed by atoms with Gasteiger partial charge in [-0.05, 0) is 36.6 Å². The van der Waals surface area contributed by atoms with Crippen molar-refractivity contribution in [2.24, 2.45) is 0 Å². The number of hydrogen-bond acceptors (Lipinski definition) is 5. The fourth-order valence-electron chi connectivity index (χ4n) is 3.03. The molecule has 7 heteroatoms. The highest BCUT2D eigenvalue weighted by molar-refractivity contribution is 7.99. The van der Waals surface area contributed by atoms with Gasteiger partial charge in [-0.15, -0.1) is 10.2 Å². The molecule has 1 aromatic carbocycles. The zero-order chi connectivity index (χ0) is 17.1. The van der Waals surface area contributed by atoms with Gasteiger partial charge in [-0.25, -0.2) is 0 Å². The molecule has 4 rings (SSSR count). The molecule has 1 amide bonds. The number of aromatic nitrogens is 3. The average molecular weight is 354 g/mol. The van der Waals surface area contributed by atoms with Gasteiger partial charge < -0.3 is 13.9 Å². The first-order valence-corrected chi connectivity index (χ1v) is 9.21. The summed E-state index contributed by atoms with van der Waals surface area (Å²) in [5.41, 5.74) is 2.28. The Morgan fingerprint density at radius 3 is 3.04 bits per heavy atom. The molecular weight excluding hydrogens is 336 g/mol. The highest BCUT2D eigenvalue weighted by Gasteiger charge is 2.22. The summed E-state index contributed by atoms with van der Waals surface area (Å²) in [5.74, 6) is 1.27. The Bertz CT molecular complexity index is 860. The number of thioether (sulfide) groups is 1. The van der Waals surface area contributed by atoms with Gasteiger partial charge in [-0.3, -0.25) is 4.79 Å². The third kappa shape index (κ3) is 3.46. The topological polar surface area (TPSA) is 64.2 Å². The molecule has 3 heterocycles. The number of fused-ring (bicyclic) bond motifs is 1. The van der Waals surface area contributed by atoms with Crippen LogP contribution < -0.4 is 4.90 Å². The second-order valence-corrected chi connectivity index (χ2v) is 6.83. The quantitative estimate of drug-likeness (QED) is 0.659. The molecule has 128 valence electrons. The number of carbonyl (C=O) groups excluding carboxylic acids is 1. The van der Waals surface area contributed by atoms with Crippen LogP contribution in [0, 0.1) is 0 Å². The van der Waals surface area contributed by atoms with Crippen LogP contribution in [0.1, 0.15) is 17.7 Å². The molecule has 0 saturated heterocycles. The smallest absolute Gasteiger partial charge is 0.237 e. The van der Waals surface area contributed by atoms with Crippen molar-refractivity contribution in [1.29, 1.82) is 0 Å². The molecule has 0 aliphatic carbocycles. The number of furan rings is 1. The lowest BCUT2D eigenvalue weighted by Gasteiger charge is -2.29. The normalized spacial score (nSPS) is 13.7. The van der Waals surface area contributed by atoms with Gasteiger partial charge in [0.15, 0.2) is 5.16 Å². The zero-order valence-electron chi connectivity index (χ0n) is 13.7. The number of carbonyl (C=O) groups is 1. The standard InChI is InChI=1S/C18H18N4O2S/c23-17(22-9-3-6-14-5-1-2-8-16(14)22)12-25-18-20-19-13-21(18)11-15-7-4-10-24-15/h1-2,4-5,7-8,10,13H,3,6,9,11-12H2. The number of anilines is 1. The predicted molar refractivity (Wildman–Crippen MR) is 95.7 cm³/mol. The van der Waals surface area contributed by atoms with Gasteiger partial charge in [0.1, 0.15) is 12.1 Å². The van der Waals surface area contributed by atoms with Crippen LogP contribution in [0.2, 0.25) is 0 Å². The number of nitrogens with zero attached hydrogens (tertiary/aromatic N) is 4. The van der Waals surface area contributed by atoms with Gasteiger partial charge in [0, 0.05) is 12.2 Å². The first kappa shape index (κ1) is 16.0. The van der Waals surface area contributed by atoms with E-state index in [1.807, 2.05) is 39.8 Å². The van der Waals surface area contributed by atoms with Crippen molar-refractivity contribution in [2.75, 3.05) is 17.2 Å². The third-order valence-electron chi connectivity index (χ3n) is 4.22. The molecule has 1 aliphatic heterocycles. The van der Waals surface area contributed by atoms with Crippen molar-refractivity contribution in [1.82, 2.24) is 14.8 Å². The number of hydrogen-bond donors (Lipinski definition) is 0. The highest BCUT2D eigenvalue weighted by atomic mass is 32.2. The Kier molecular flexibility index (Phi) is 4.56. The van der Waals surface area contributed by atoms with Gasteiger partial charge in [0.25, 0.3) is 0 Å². The maximum atomic E-state index is 12.7. The lowest BCUT2D eigenvalue weighted by atomic mass is 10.0. The number of rotatable bonds is 5. The van der Waals surface area contributed by atoms with E-state index in [1.165, 1.54) is 17.3 Å². The minimum absolute atomic E-state index is 0.102. The number of aryl methyl sites for hydroxylation is 1. The maximum Gasteiger partial charge on any atom is 0.237 e. The van der Waals surface area contributed by atoms with E-state index < -0.39 is 0 Å². The second kappa shape index (κ2) is 7.14. The number of para-hydroxylation sites is 1. The lowest BCUT2D eigenvalue weighted by molar-refractivity contribution is -0.116. The van der Waals surface area contributed by atoms with Gasteiger partial charge in [-0.2, -0.15) is 0 Å². The van der Waals surface area contributed by atoms with Crippen LogP contribution in [0.5, 0.6) is 0 Å². The summed E-state index contributed by atoms with van der Waals surface area (Å²) >= 11 is 1.41. The van der Waals surface area contributed by atoms with Crippen LogP contribution in [0.4, 0.5) is 5.69 Å². The second-order valence-electron chi connectivity index (χ2n) is 5.89. The molecule has 1 aliphatic rings. The van der Waals surface area contributed by atoms with Crippen molar-refractivity contribution < 1.29 is 9.21 Å². The van der Waals surface area contributed by atoms with Crippen LogP contribution in [-0.4, -0.2) is 33.0 Å². The fraction of sp³-hybridized carbons (Fsp3) is 0.278. The average Bonchev–Trinajstić information content (AvgIpc) is 3.31. The van der Waals surface area contributed by atoms with E-state index in [9.17, 15) is 4.79 Å². The number of amides is 1. The molecule has 0 saturated carbocycles. The Hall–Kier alpha value is -2.54. The van der Waals surface area contributed by atoms with Crippen molar-refractivity contribution >= 4 is 23.4 Å². The predicted octanol–water partition coefficient (Wildman–Crippen LogP) is 2.99. The van der Waals surface area contributed by atoms with Crippen LogP contribution in [0.25, 0.3) is 0 Å². The molecule has 0 N–H and O–H groups in total. The Morgan fingerprint density at radius 1 is 1.24 bits per heavy atom. The summed E-state index contributed by atoms with van der Waals surface area (Å²) in [6.45, 7) is 1.33. The minimum atomic E-state index is 0.102. The van der Waals surface area contributed by atoms with Crippen molar-refractivity contribution in [3.63, 3.8) is 0 Å². The molecule has 3 aromatic rings. The zero-order valence-corrected chi connectivity index (χ0v) is 14.5. The van der Waals surface area contributed by atoms with Crippen LogP contribution in [0.15, 0.2) is 58.6 Å². The monoisotopic (exact) mass is 354 g/mol.